The zero-order valence-corrected chi connectivity index (χ0v) is 11.3. The van der Waals surface area contributed by atoms with Gasteiger partial charge in [-0.2, -0.15) is 0 Å². The number of methoxy groups -OCH3 is 1. The summed E-state index contributed by atoms with van der Waals surface area (Å²) in [5.41, 5.74) is 0.253. The zero-order valence-electron chi connectivity index (χ0n) is 11.3. The van der Waals surface area contributed by atoms with Gasteiger partial charge in [0, 0.05) is 6.92 Å². The highest BCUT2D eigenvalue weighted by atomic mass is 16.5. The summed E-state index contributed by atoms with van der Waals surface area (Å²) in [4.78, 5) is 22.1. The summed E-state index contributed by atoms with van der Waals surface area (Å²) in [5.74, 6) is -1.00. The molecule has 0 saturated heterocycles. The Hall–Kier alpha value is -1.36. The van der Waals surface area contributed by atoms with Crippen LogP contribution in [0.1, 0.15) is 39.5 Å². The van der Waals surface area contributed by atoms with Gasteiger partial charge in [-0.15, -0.1) is 0 Å². The van der Waals surface area contributed by atoms with Crippen molar-refractivity contribution in [3.63, 3.8) is 0 Å². The number of carbonyl (C=O) groups is 2. The molecule has 0 aromatic carbocycles. The second-order valence-electron chi connectivity index (χ2n) is 4.03. The second-order valence-corrected chi connectivity index (χ2v) is 4.03. The summed E-state index contributed by atoms with van der Waals surface area (Å²) < 4.78 is 9.33. The average molecular weight is 258 g/mol. The number of hydrogen-bond donors (Lipinski definition) is 1. The lowest BCUT2D eigenvalue weighted by molar-refractivity contribution is -0.142. The summed E-state index contributed by atoms with van der Waals surface area (Å²) >= 11 is 0. The van der Waals surface area contributed by atoms with Crippen LogP contribution in [0, 0.1) is 0 Å². The Bertz CT molecular complexity index is 296. The molecule has 0 saturated carbocycles. The lowest BCUT2D eigenvalue weighted by atomic mass is 10.1. The fourth-order valence-corrected chi connectivity index (χ4v) is 1.35. The van der Waals surface area contributed by atoms with Gasteiger partial charge >= 0.3 is 11.9 Å². The molecule has 5 nitrogen and oxygen atoms in total. The van der Waals surface area contributed by atoms with Gasteiger partial charge in [0.2, 0.25) is 0 Å². The van der Waals surface area contributed by atoms with Crippen LogP contribution in [0.15, 0.2) is 11.6 Å². The molecular weight excluding hydrogens is 236 g/mol. The normalized spacial score (nSPS) is 13.0. The fourth-order valence-electron chi connectivity index (χ4n) is 1.35. The lowest BCUT2D eigenvalue weighted by Gasteiger charge is -2.09. The number of rotatable bonds is 8. The van der Waals surface area contributed by atoms with Crippen LogP contribution in [0.3, 0.4) is 0 Å². The van der Waals surface area contributed by atoms with Crippen LogP contribution in [0.2, 0.25) is 0 Å². The predicted octanol–water partition coefficient (Wildman–Crippen LogP) is 1.59. The largest absolute Gasteiger partial charge is 0.466 e. The van der Waals surface area contributed by atoms with Gasteiger partial charge in [-0.25, -0.2) is 4.79 Å². The maximum atomic E-state index is 11.4. The molecule has 0 radical (unpaired) electrons. The van der Waals surface area contributed by atoms with E-state index in [0.717, 1.165) is 12.8 Å². The first kappa shape index (κ1) is 16.6. The molecule has 1 atom stereocenters. The number of unbranched alkanes of at least 4 members (excludes halogenated alkanes) is 1. The third-order valence-corrected chi connectivity index (χ3v) is 2.41. The summed E-state index contributed by atoms with van der Waals surface area (Å²) in [7, 11) is 1.26. The van der Waals surface area contributed by atoms with E-state index in [1.807, 2.05) is 6.92 Å². The third kappa shape index (κ3) is 7.84. The molecule has 1 unspecified atom stereocenters. The Balaban J connectivity index is 4.35. The third-order valence-electron chi connectivity index (χ3n) is 2.41. The molecule has 0 aliphatic heterocycles. The van der Waals surface area contributed by atoms with Crippen LogP contribution >= 0.6 is 0 Å². The molecule has 104 valence electrons. The van der Waals surface area contributed by atoms with Gasteiger partial charge in [-0.05, 0) is 12.8 Å². The highest BCUT2D eigenvalue weighted by molar-refractivity contribution is 5.89. The van der Waals surface area contributed by atoms with Gasteiger partial charge in [-0.3, -0.25) is 4.79 Å². The summed E-state index contributed by atoms with van der Waals surface area (Å²) in [6.45, 7) is 3.19. The average Bonchev–Trinajstić information content (AvgIpc) is 2.35. The number of aliphatic hydroxyl groups is 1. The smallest absolute Gasteiger partial charge is 0.336 e. The van der Waals surface area contributed by atoms with Crippen LogP contribution in [-0.2, 0) is 19.1 Å². The number of esters is 2. The quantitative estimate of drug-likeness (QED) is 0.528. The van der Waals surface area contributed by atoms with Crippen molar-refractivity contribution in [3.05, 3.63) is 11.6 Å². The molecule has 0 bridgehead atoms. The van der Waals surface area contributed by atoms with E-state index < -0.39 is 18.0 Å². The Labute approximate surface area is 108 Å². The van der Waals surface area contributed by atoms with Crippen molar-refractivity contribution in [1.29, 1.82) is 0 Å². The Morgan fingerprint density at radius 1 is 1.39 bits per heavy atom. The molecule has 0 aliphatic carbocycles. The van der Waals surface area contributed by atoms with E-state index >= 15 is 0 Å². The maximum Gasteiger partial charge on any atom is 0.336 e. The van der Waals surface area contributed by atoms with Gasteiger partial charge in [0.1, 0.15) is 6.61 Å². The predicted molar refractivity (Wildman–Crippen MR) is 66.9 cm³/mol. The van der Waals surface area contributed by atoms with Crippen molar-refractivity contribution in [2.24, 2.45) is 0 Å². The van der Waals surface area contributed by atoms with E-state index in [0.29, 0.717) is 12.8 Å². The topological polar surface area (TPSA) is 72.8 Å². The molecule has 0 amide bonds. The van der Waals surface area contributed by atoms with Crippen molar-refractivity contribution in [2.45, 2.75) is 45.6 Å². The number of carbonyl (C=O) groups excluding carboxylic acids is 2. The molecule has 0 fully saturated rings. The van der Waals surface area contributed by atoms with E-state index in [9.17, 15) is 14.7 Å². The molecular formula is C13H22O5. The summed E-state index contributed by atoms with van der Waals surface area (Å²) in [5, 5.41) is 9.66. The van der Waals surface area contributed by atoms with E-state index in [2.05, 4.69) is 4.74 Å². The van der Waals surface area contributed by atoms with Gasteiger partial charge < -0.3 is 14.6 Å². The molecule has 18 heavy (non-hydrogen) atoms. The minimum Gasteiger partial charge on any atom is -0.466 e. The Morgan fingerprint density at radius 2 is 2.06 bits per heavy atom. The standard InChI is InChI=1S/C13H22O5/c1-4-5-6-12(15)8-7-11(13(16)17-3)9-18-10(2)14/h7,12,15H,4-6,8-9H2,1-3H3/b11-7+. The Morgan fingerprint density at radius 3 is 2.56 bits per heavy atom. The molecule has 1 N–H and O–H groups in total. The van der Waals surface area contributed by atoms with Gasteiger partial charge in [-0.1, -0.05) is 25.8 Å². The van der Waals surface area contributed by atoms with Gasteiger partial charge in [0.05, 0.1) is 18.8 Å². The van der Waals surface area contributed by atoms with Crippen LogP contribution < -0.4 is 0 Å². The minimum absolute atomic E-state index is 0.123. The van der Waals surface area contributed by atoms with Crippen LogP contribution in [-0.4, -0.2) is 36.9 Å². The fraction of sp³-hybridized carbons (Fsp3) is 0.692. The van der Waals surface area contributed by atoms with Gasteiger partial charge in [0.25, 0.3) is 0 Å². The Kier molecular flexibility index (Phi) is 8.92. The SMILES string of the molecule is CCCCC(O)C/C=C(\COC(C)=O)C(=O)OC. The lowest BCUT2D eigenvalue weighted by Crippen LogP contribution is -2.14. The van der Waals surface area contributed by atoms with Crippen molar-refractivity contribution >= 4 is 11.9 Å². The molecule has 0 rings (SSSR count). The van der Waals surface area contributed by atoms with Crippen molar-refractivity contribution in [1.82, 2.24) is 0 Å². The van der Waals surface area contributed by atoms with Crippen LogP contribution in [0.5, 0.6) is 0 Å². The first-order chi connectivity index (χ1) is 8.51. The van der Waals surface area contributed by atoms with E-state index in [-0.39, 0.29) is 12.2 Å². The van der Waals surface area contributed by atoms with E-state index in [1.54, 1.807) is 6.08 Å². The molecule has 0 aromatic rings. The highest BCUT2D eigenvalue weighted by Gasteiger charge is 2.12. The second kappa shape index (κ2) is 9.65. The molecule has 0 aliphatic rings. The van der Waals surface area contributed by atoms with E-state index in [1.165, 1.54) is 14.0 Å². The summed E-state index contributed by atoms with van der Waals surface area (Å²) in [6.07, 6.45) is 4.07. The first-order valence-electron chi connectivity index (χ1n) is 6.10. The van der Waals surface area contributed by atoms with Crippen LogP contribution in [0.25, 0.3) is 0 Å². The monoisotopic (exact) mass is 258 g/mol. The van der Waals surface area contributed by atoms with Crippen LogP contribution in [0.4, 0.5) is 0 Å². The van der Waals surface area contributed by atoms with Crippen molar-refractivity contribution < 1.29 is 24.2 Å². The number of hydrogen-bond acceptors (Lipinski definition) is 5. The van der Waals surface area contributed by atoms with Crippen molar-refractivity contribution in [2.75, 3.05) is 13.7 Å². The minimum atomic E-state index is -0.543. The molecule has 5 heteroatoms. The number of ether oxygens (including phenoxy) is 2. The highest BCUT2D eigenvalue weighted by Crippen LogP contribution is 2.08. The maximum absolute atomic E-state index is 11.4. The van der Waals surface area contributed by atoms with Gasteiger partial charge in [0.15, 0.2) is 0 Å². The number of aliphatic hydroxyl groups excluding tert-OH is 1. The van der Waals surface area contributed by atoms with E-state index in [4.69, 9.17) is 4.74 Å². The molecule has 0 aromatic heterocycles. The molecule has 0 spiro atoms. The molecule has 0 heterocycles. The summed E-state index contributed by atoms with van der Waals surface area (Å²) in [6, 6.07) is 0. The zero-order chi connectivity index (χ0) is 14.0. The first-order valence-corrected chi connectivity index (χ1v) is 6.10. The van der Waals surface area contributed by atoms with Crippen molar-refractivity contribution in [3.8, 4) is 0 Å².